The van der Waals surface area contributed by atoms with Gasteiger partial charge in [0.25, 0.3) is 0 Å². The maximum Gasteiger partial charge on any atom is 0.401 e. The van der Waals surface area contributed by atoms with E-state index in [0.29, 0.717) is 23.4 Å². The molecule has 0 saturated heterocycles. The minimum Gasteiger partial charge on any atom is -0.467 e. The van der Waals surface area contributed by atoms with Gasteiger partial charge < -0.3 is 4.74 Å². The Morgan fingerprint density at radius 3 is 2.33 bits per heavy atom. The maximum absolute atomic E-state index is 12.6. The summed E-state index contributed by atoms with van der Waals surface area (Å²) in [5.41, 5.74) is -1.04. The first-order chi connectivity index (χ1) is 9.79. The molecule has 0 amide bonds. The van der Waals surface area contributed by atoms with E-state index in [1.54, 1.807) is 24.3 Å². The van der Waals surface area contributed by atoms with Crippen LogP contribution < -0.4 is 5.32 Å². The fourth-order valence-electron chi connectivity index (χ4n) is 2.47. The molecule has 0 aliphatic heterocycles. The smallest absolute Gasteiger partial charge is 0.401 e. The quantitative estimate of drug-likeness (QED) is 0.846. The zero-order valence-corrected chi connectivity index (χ0v) is 12.1. The lowest BCUT2D eigenvalue weighted by Crippen LogP contribution is -2.54. The number of alkyl halides is 3. The Balaban J connectivity index is 2.40. The molecule has 3 nitrogen and oxygen atoms in total. The van der Waals surface area contributed by atoms with Crippen LogP contribution in [0.1, 0.15) is 18.4 Å². The molecule has 0 bridgehead atoms. The molecule has 1 aromatic carbocycles. The summed E-state index contributed by atoms with van der Waals surface area (Å²) in [6.07, 6.45) is -3.08. The van der Waals surface area contributed by atoms with E-state index in [1.807, 2.05) is 0 Å². The number of halogens is 4. The highest BCUT2D eigenvalue weighted by Crippen LogP contribution is 2.47. The van der Waals surface area contributed by atoms with Crippen molar-refractivity contribution >= 4 is 17.6 Å². The summed E-state index contributed by atoms with van der Waals surface area (Å²) in [6, 6.07) is 6.21. The number of hydrogen-bond acceptors (Lipinski definition) is 3. The summed E-state index contributed by atoms with van der Waals surface area (Å²) in [5.74, 6) is -0.926. The van der Waals surface area contributed by atoms with E-state index in [0.717, 1.165) is 0 Å². The van der Waals surface area contributed by atoms with E-state index >= 15 is 0 Å². The Morgan fingerprint density at radius 2 is 1.90 bits per heavy atom. The fourth-order valence-corrected chi connectivity index (χ4v) is 2.59. The largest absolute Gasteiger partial charge is 0.467 e. The summed E-state index contributed by atoms with van der Waals surface area (Å²) in [5, 5.41) is 2.83. The molecule has 0 aromatic heterocycles. The molecule has 1 aliphatic carbocycles. The van der Waals surface area contributed by atoms with E-state index in [4.69, 9.17) is 16.3 Å². The third-order valence-electron chi connectivity index (χ3n) is 3.56. The zero-order chi connectivity index (χ0) is 15.7. The molecule has 1 saturated carbocycles. The van der Waals surface area contributed by atoms with Crippen molar-refractivity contribution in [2.45, 2.75) is 24.6 Å². The molecule has 116 valence electrons. The number of rotatable bonds is 5. The second-order valence-electron chi connectivity index (χ2n) is 5.05. The first-order valence-corrected chi connectivity index (χ1v) is 6.83. The first-order valence-electron chi connectivity index (χ1n) is 6.46. The Morgan fingerprint density at radius 1 is 1.33 bits per heavy atom. The van der Waals surface area contributed by atoms with E-state index in [-0.39, 0.29) is 5.92 Å². The van der Waals surface area contributed by atoms with Crippen LogP contribution in [0.25, 0.3) is 0 Å². The van der Waals surface area contributed by atoms with Gasteiger partial charge in [-0.15, -0.1) is 0 Å². The number of carbonyl (C=O) groups excluding carboxylic acids is 1. The van der Waals surface area contributed by atoms with Gasteiger partial charge in [0.1, 0.15) is 5.54 Å². The summed E-state index contributed by atoms with van der Waals surface area (Å²) in [7, 11) is 1.17. The Hall–Kier alpha value is -1.27. The zero-order valence-electron chi connectivity index (χ0n) is 11.3. The third-order valence-corrected chi connectivity index (χ3v) is 3.82. The number of esters is 1. The van der Waals surface area contributed by atoms with Gasteiger partial charge in [-0.2, -0.15) is 13.2 Å². The lowest BCUT2D eigenvalue weighted by atomic mass is 9.84. The van der Waals surface area contributed by atoms with E-state index in [2.05, 4.69) is 5.32 Å². The molecule has 7 heteroatoms. The predicted molar refractivity (Wildman–Crippen MR) is 71.9 cm³/mol. The van der Waals surface area contributed by atoms with Crippen LogP contribution in [0, 0.1) is 5.92 Å². The number of hydrogen-bond donors (Lipinski definition) is 1. The van der Waals surface area contributed by atoms with Gasteiger partial charge in [-0.05, 0) is 36.5 Å². The van der Waals surface area contributed by atoms with Crippen LogP contribution in [-0.2, 0) is 15.1 Å². The molecule has 0 spiro atoms. The van der Waals surface area contributed by atoms with Crippen molar-refractivity contribution < 1.29 is 22.7 Å². The second-order valence-corrected chi connectivity index (χ2v) is 5.49. The van der Waals surface area contributed by atoms with E-state index < -0.39 is 24.2 Å². The number of benzene rings is 1. The molecule has 21 heavy (non-hydrogen) atoms. The highest BCUT2D eigenvalue weighted by atomic mass is 35.5. The standard InChI is InChI=1S/C14H15ClF3NO2/c1-21-12(20)14(9-2-3-9,19-8-13(16,17)18)10-4-6-11(15)7-5-10/h4-7,9,19H,2-3,8H2,1H3. The minimum absolute atomic E-state index is 0.214. The summed E-state index contributed by atoms with van der Waals surface area (Å²) < 4.78 is 42.5. The van der Waals surface area contributed by atoms with Gasteiger partial charge in [-0.25, -0.2) is 4.79 Å². The van der Waals surface area contributed by atoms with Crippen LogP contribution in [0.4, 0.5) is 13.2 Å². The SMILES string of the molecule is COC(=O)C(NCC(F)(F)F)(c1ccc(Cl)cc1)C1CC1. The average Bonchev–Trinajstić information content (AvgIpc) is 3.24. The number of carbonyl (C=O) groups is 1. The van der Waals surface area contributed by atoms with Gasteiger partial charge in [0.15, 0.2) is 0 Å². The fraction of sp³-hybridized carbons (Fsp3) is 0.500. The van der Waals surface area contributed by atoms with Crippen LogP contribution >= 0.6 is 11.6 Å². The normalized spacial score (nSPS) is 18.1. The van der Waals surface area contributed by atoms with Gasteiger partial charge >= 0.3 is 12.1 Å². The lowest BCUT2D eigenvalue weighted by molar-refractivity contribution is -0.155. The number of nitrogens with one attached hydrogen (secondary N) is 1. The molecule has 1 unspecified atom stereocenters. The molecule has 1 aromatic rings. The van der Waals surface area contributed by atoms with Crippen LogP contribution in [0.15, 0.2) is 24.3 Å². The molecule has 0 radical (unpaired) electrons. The van der Waals surface area contributed by atoms with Crippen molar-refractivity contribution in [3.8, 4) is 0 Å². The lowest BCUT2D eigenvalue weighted by Gasteiger charge is -2.33. The van der Waals surface area contributed by atoms with Crippen molar-refractivity contribution in [1.29, 1.82) is 0 Å². The molecule has 1 N–H and O–H groups in total. The maximum atomic E-state index is 12.6. The molecule has 1 fully saturated rings. The Labute approximate surface area is 125 Å². The third kappa shape index (κ3) is 3.49. The summed E-state index contributed by atoms with van der Waals surface area (Å²) in [6.45, 7) is -1.26. The van der Waals surface area contributed by atoms with Crippen LogP contribution in [0.5, 0.6) is 0 Å². The summed E-state index contributed by atoms with van der Waals surface area (Å²) in [4.78, 5) is 12.2. The first kappa shape index (κ1) is 16.1. The molecule has 1 aliphatic rings. The van der Waals surface area contributed by atoms with Gasteiger partial charge in [0, 0.05) is 5.02 Å². The van der Waals surface area contributed by atoms with Gasteiger partial charge in [-0.1, -0.05) is 23.7 Å². The average molecular weight is 322 g/mol. The van der Waals surface area contributed by atoms with Crippen molar-refractivity contribution in [2.24, 2.45) is 5.92 Å². The van der Waals surface area contributed by atoms with E-state index in [9.17, 15) is 18.0 Å². The number of ether oxygens (including phenoxy) is 1. The molecule has 1 atom stereocenters. The van der Waals surface area contributed by atoms with Crippen LogP contribution in [0.3, 0.4) is 0 Å². The molecular formula is C14H15ClF3NO2. The Kier molecular flexibility index (Phi) is 4.49. The number of methoxy groups -OCH3 is 1. The Bertz CT molecular complexity index is 514. The molecule has 2 rings (SSSR count). The molecular weight excluding hydrogens is 307 g/mol. The molecule has 0 heterocycles. The minimum atomic E-state index is -4.42. The highest BCUT2D eigenvalue weighted by molar-refractivity contribution is 6.30. The highest BCUT2D eigenvalue weighted by Gasteiger charge is 2.54. The van der Waals surface area contributed by atoms with Crippen molar-refractivity contribution in [1.82, 2.24) is 5.32 Å². The second kappa shape index (κ2) is 5.85. The predicted octanol–water partition coefficient (Wildman–Crippen LogP) is 3.27. The van der Waals surface area contributed by atoms with Crippen molar-refractivity contribution in [2.75, 3.05) is 13.7 Å². The monoisotopic (exact) mass is 321 g/mol. The van der Waals surface area contributed by atoms with Crippen LogP contribution in [0.2, 0.25) is 5.02 Å². The van der Waals surface area contributed by atoms with Crippen molar-refractivity contribution in [3.63, 3.8) is 0 Å². The summed E-state index contributed by atoms with van der Waals surface area (Å²) >= 11 is 5.80. The van der Waals surface area contributed by atoms with Crippen LogP contribution in [-0.4, -0.2) is 25.8 Å². The van der Waals surface area contributed by atoms with E-state index in [1.165, 1.54) is 7.11 Å². The van der Waals surface area contributed by atoms with Crippen molar-refractivity contribution in [3.05, 3.63) is 34.9 Å². The van der Waals surface area contributed by atoms with Gasteiger partial charge in [-0.3, -0.25) is 5.32 Å². The topological polar surface area (TPSA) is 38.3 Å². The van der Waals surface area contributed by atoms with Gasteiger partial charge in [0.2, 0.25) is 0 Å². The van der Waals surface area contributed by atoms with Gasteiger partial charge in [0.05, 0.1) is 13.7 Å².